The van der Waals surface area contributed by atoms with Crippen LogP contribution < -0.4 is 5.32 Å². The molecule has 0 atom stereocenters. The molecule has 0 aromatic carbocycles. The summed E-state index contributed by atoms with van der Waals surface area (Å²) >= 11 is 0. The van der Waals surface area contributed by atoms with Crippen molar-refractivity contribution in [2.45, 2.75) is 27.2 Å². The van der Waals surface area contributed by atoms with Crippen LogP contribution in [-0.2, 0) is 4.79 Å². The lowest BCUT2D eigenvalue weighted by Gasteiger charge is -2.08. The zero-order chi connectivity index (χ0) is 11.4. The summed E-state index contributed by atoms with van der Waals surface area (Å²) < 4.78 is 0. The van der Waals surface area contributed by atoms with Crippen molar-refractivity contribution in [1.29, 1.82) is 0 Å². The molecule has 1 N–H and O–H groups in total. The number of anilines is 1. The lowest BCUT2D eigenvalue weighted by molar-refractivity contribution is -0.112. The summed E-state index contributed by atoms with van der Waals surface area (Å²) in [5, 5.41) is 2.71. The first-order valence-electron chi connectivity index (χ1n) is 4.83. The Balaban J connectivity index is 2.86. The summed E-state index contributed by atoms with van der Waals surface area (Å²) in [4.78, 5) is 19.6. The lowest BCUT2D eigenvalue weighted by Crippen LogP contribution is -2.15. The molecule has 1 rings (SSSR count). The highest BCUT2D eigenvalue weighted by Gasteiger charge is 2.09. The number of amides is 1. The van der Waals surface area contributed by atoms with Crippen LogP contribution in [0.15, 0.2) is 18.5 Å². The first-order chi connectivity index (χ1) is 7.06. The van der Waals surface area contributed by atoms with Crippen LogP contribution in [-0.4, -0.2) is 15.9 Å². The van der Waals surface area contributed by atoms with Crippen LogP contribution in [0.4, 0.5) is 5.82 Å². The Kier molecular flexibility index (Phi) is 3.55. The maximum atomic E-state index is 11.5. The summed E-state index contributed by atoms with van der Waals surface area (Å²) in [5.41, 5.74) is 2.29. The highest BCUT2D eigenvalue weighted by molar-refractivity contribution is 6.03. The van der Waals surface area contributed by atoms with Crippen LogP contribution in [0.5, 0.6) is 0 Å². The quantitative estimate of drug-likeness (QED) is 0.768. The fraction of sp³-hybridized carbons (Fsp3) is 0.364. The summed E-state index contributed by atoms with van der Waals surface area (Å²) in [6, 6.07) is 0. The molecule has 0 spiro atoms. The Labute approximate surface area is 89.4 Å². The molecule has 0 radical (unpaired) electrons. The predicted octanol–water partition coefficient (Wildman–Crippen LogP) is 2.00. The van der Waals surface area contributed by atoms with E-state index in [1.807, 2.05) is 20.8 Å². The van der Waals surface area contributed by atoms with Gasteiger partial charge in [0.2, 0.25) is 0 Å². The van der Waals surface area contributed by atoms with E-state index in [-0.39, 0.29) is 5.91 Å². The van der Waals surface area contributed by atoms with Crippen LogP contribution in [0.3, 0.4) is 0 Å². The minimum Gasteiger partial charge on any atom is -0.307 e. The number of hydrogen-bond acceptors (Lipinski definition) is 3. The highest BCUT2D eigenvalue weighted by Crippen LogP contribution is 2.13. The third-order valence-corrected chi connectivity index (χ3v) is 2.32. The van der Waals surface area contributed by atoms with E-state index < -0.39 is 0 Å². The van der Waals surface area contributed by atoms with Crippen molar-refractivity contribution in [3.8, 4) is 0 Å². The van der Waals surface area contributed by atoms with Gasteiger partial charge in [0, 0.05) is 16.8 Å². The highest BCUT2D eigenvalue weighted by atomic mass is 16.1. The summed E-state index contributed by atoms with van der Waals surface area (Å²) in [6.07, 6.45) is 2.07. The van der Waals surface area contributed by atoms with Crippen molar-refractivity contribution in [2.75, 3.05) is 5.32 Å². The third-order valence-electron chi connectivity index (χ3n) is 2.32. The number of aryl methyl sites for hydroxylation is 1. The Bertz CT molecular complexity index is 399. The molecule has 4 nitrogen and oxygen atoms in total. The monoisotopic (exact) mass is 205 g/mol. The fourth-order valence-corrected chi connectivity index (χ4v) is 1.02. The summed E-state index contributed by atoms with van der Waals surface area (Å²) in [6.45, 7) is 9.31. The molecule has 0 fully saturated rings. The number of rotatable bonds is 3. The van der Waals surface area contributed by atoms with Crippen LogP contribution in [0.25, 0.3) is 0 Å². The van der Waals surface area contributed by atoms with Crippen LogP contribution >= 0.6 is 0 Å². The second-order valence-electron chi connectivity index (χ2n) is 3.34. The van der Waals surface area contributed by atoms with Gasteiger partial charge in [0.1, 0.15) is 12.1 Å². The first kappa shape index (κ1) is 11.4. The second-order valence-corrected chi connectivity index (χ2v) is 3.34. The Morgan fingerprint density at radius 3 is 2.73 bits per heavy atom. The average molecular weight is 205 g/mol. The van der Waals surface area contributed by atoms with Crippen molar-refractivity contribution in [3.05, 3.63) is 29.7 Å². The summed E-state index contributed by atoms with van der Waals surface area (Å²) in [7, 11) is 0. The number of nitrogens with zero attached hydrogens (tertiary/aromatic N) is 2. The van der Waals surface area contributed by atoms with Crippen molar-refractivity contribution in [3.63, 3.8) is 0 Å². The SMILES string of the molecule is C=C(CC)C(=O)Nc1ncnc(C)c1C. The zero-order valence-electron chi connectivity index (χ0n) is 9.29. The van der Waals surface area contributed by atoms with E-state index in [0.717, 1.165) is 11.3 Å². The van der Waals surface area contributed by atoms with E-state index in [1.54, 1.807) is 0 Å². The molecule has 0 unspecified atom stereocenters. The molecule has 1 amide bonds. The van der Waals surface area contributed by atoms with Gasteiger partial charge >= 0.3 is 0 Å². The van der Waals surface area contributed by atoms with E-state index >= 15 is 0 Å². The van der Waals surface area contributed by atoms with Crippen molar-refractivity contribution in [1.82, 2.24) is 9.97 Å². The van der Waals surface area contributed by atoms with Gasteiger partial charge in [0.15, 0.2) is 0 Å². The molecule has 1 heterocycles. The van der Waals surface area contributed by atoms with Gasteiger partial charge in [0.25, 0.3) is 5.91 Å². The minimum atomic E-state index is -0.182. The Morgan fingerprint density at radius 1 is 1.47 bits per heavy atom. The molecule has 4 heteroatoms. The smallest absolute Gasteiger partial charge is 0.252 e. The zero-order valence-corrected chi connectivity index (χ0v) is 9.29. The van der Waals surface area contributed by atoms with Gasteiger partial charge in [0.05, 0.1) is 0 Å². The normalized spacial score (nSPS) is 9.80. The molecule has 0 saturated heterocycles. The lowest BCUT2D eigenvalue weighted by atomic mass is 10.2. The van der Waals surface area contributed by atoms with Gasteiger partial charge < -0.3 is 5.32 Å². The van der Waals surface area contributed by atoms with Gasteiger partial charge in [-0.05, 0) is 20.3 Å². The van der Waals surface area contributed by atoms with E-state index in [2.05, 4.69) is 21.9 Å². The van der Waals surface area contributed by atoms with E-state index in [9.17, 15) is 4.79 Å². The van der Waals surface area contributed by atoms with Crippen molar-refractivity contribution >= 4 is 11.7 Å². The molecule has 15 heavy (non-hydrogen) atoms. The molecule has 80 valence electrons. The Hall–Kier alpha value is -1.71. The molecular formula is C11H15N3O. The molecule has 0 bridgehead atoms. The van der Waals surface area contributed by atoms with Gasteiger partial charge in [-0.25, -0.2) is 9.97 Å². The summed E-state index contributed by atoms with van der Waals surface area (Å²) in [5.74, 6) is 0.376. The van der Waals surface area contributed by atoms with Gasteiger partial charge in [-0.15, -0.1) is 0 Å². The van der Waals surface area contributed by atoms with Crippen molar-refractivity contribution < 1.29 is 4.79 Å². The molecule has 1 aromatic rings. The topological polar surface area (TPSA) is 54.9 Å². The fourth-order valence-electron chi connectivity index (χ4n) is 1.02. The minimum absolute atomic E-state index is 0.182. The first-order valence-corrected chi connectivity index (χ1v) is 4.83. The Morgan fingerprint density at radius 2 is 2.13 bits per heavy atom. The molecule has 0 saturated carbocycles. The van der Waals surface area contributed by atoms with Crippen molar-refractivity contribution in [2.24, 2.45) is 0 Å². The van der Waals surface area contributed by atoms with Gasteiger partial charge in [-0.3, -0.25) is 4.79 Å². The molecule has 0 aliphatic carbocycles. The number of hydrogen-bond donors (Lipinski definition) is 1. The standard InChI is InChI=1S/C11H15N3O/c1-5-7(2)11(15)14-10-8(3)9(4)12-6-13-10/h6H,2,5H2,1,3-4H3,(H,12,13,14,15). The number of aromatic nitrogens is 2. The van der Waals surface area contributed by atoms with Gasteiger partial charge in [-0.2, -0.15) is 0 Å². The van der Waals surface area contributed by atoms with Crippen LogP contribution in [0, 0.1) is 13.8 Å². The predicted molar refractivity (Wildman–Crippen MR) is 59.6 cm³/mol. The third kappa shape index (κ3) is 2.62. The average Bonchev–Trinajstić information content (AvgIpc) is 2.23. The van der Waals surface area contributed by atoms with E-state index in [1.165, 1.54) is 6.33 Å². The number of nitrogens with one attached hydrogen (secondary N) is 1. The maximum absolute atomic E-state index is 11.5. The molecule has 0 aliphatic heterocycles. The van der Waals surface area contributed by atoms with Gasteiger partial charge in [-0.1, -0.05) is 13.5 Å². The molecule has 0 aliphatic rings. The maximum Gasteiger partial charge on any atom is 0.252 e. The number of carbonyl (C=O) groups is 1. The van der Waals surface area contributed by atoms with E-state index in [0.29, 0.717) is 17.8 Å². The van der Waals surface area contributed by atoms with E-state index in [4.69, 9.17) is 0 Å². The largest absolute Gasteiger partial charge is 0.307 e. The molecule has 1 aromatic heterocycles. The number of carbonyl (C=O) groups excluding carboxylic acids is 1. The molecular weight excluding hydrogens is 190 g/mol. The van der Waals surface area contributed by atoms with Crippen LogP contribution in [0.1, 0.15) is 24.6 Å². The second kappa shape index (κ2) is 4.68. The van der Waals surface area contributed by atoms with Crippen LogP contribution in [0.2, 0.25) is 0 Å².